The number of halogens is 1. The van der Waals surface area contributed by atoms with Crippen LogP contribution in [-0.4, -0.2) is 24.3 Å². The average Bonchev–Trinajstić information content (AvgIpc) is 2.81. The molecule has 1 aromatic carbocycles. The van der Waals surface area contributed by atoms with Crippen molar-refractivity contribution in [2.45, 2.75) is 20.4 Å². The predicted octanol–water partition coefficient (Wildman–Crippen LogP) is 3.66. The van der Waals surface area contributed by atoms with Crippen LogP contribution in [-0.2, 0) is 11.3 Å². The van der Waals surface area contributed by atoms with Crippen molar-refractivity contribution in [2.75, 3.05) is 13.7 Å². The fourth-order valence-electron chi connectivity index (χ4n) is 2.32. The minimum Gasteiger partial charge on any atom is -0.449 e. The average molecular weight is 364 g/mol. The van der Waals surface area contributed by atoms with Crippen molar-refractivity contribution in [1.82, 2.24) is 9.88 Å². The van der Waals surface area contributed by atoms with Gasteiger partial charge in [-0.05, 0) is 12.1 Å². The van der Waals surface area contributed by atoms with Crippen LogP contribution in [0.25, 0.3) is 10.9 Å². The molecule has 116 valence electrons. The van der Waals surface area contributed by atoms with Crippen molar-refractivity contribution in [3.05, 3.63) is 34.4 Å². The summed E-state index contributed by atoms with van der Waals surface area (Å²) in [4.78, 5) is 11.2. The van der Waals surface area contributed by atoms with Crippen molar-refractivity contribution in [3.8, 4) is 6.07 Å². The molecule has 0 spiro atoms. The van der Waals surface area contributed by atoms with E-state index in [9.17, 15) is 10.1 Å². The molecule has 5 nitrogen and oxygen atoms in total. The largest absolute Gasteiger partial charge is 0.449 e. The van der Waals surface area contributed by atoms with E-state index in [2.05, 4.69) is 27.3 Å². The normalized spacial score (nSPS) is 11.2. The van der Waals surface area contributed by atoms with Crippen molar-refractivity contribution in [1.29, 1.82) is 5.26 Å². The highest BCUT2D eigenvalue weighted by Gasteiger charge is 2.22. The van der Waals surface area contributed by atoms with Crippen LogP contribution in [0.2, 0.25) is 0 Å². The highest BCUT2D eigenvalue weighted by atomic mass is 79.9. The van der Waals surface area contributed by atoms with E-state index in [1.165, 1.54) is 7.05 Å². The van der Waals surface area contributed by atoms with E-state index in [-0.39, 0.29) is 5.41 Å². The van der Waals surface area contributed by atoms with Crippen LogP contribution in [0.5, 0.6) is 0 Å². The zero-order chi connectivity index (χ0) is 16.3. The van der Waals surface area contributed by atoms with E-state index in [4.69, 9.17) is 4.74 Å². The first-order valence-corrected chi connectivity index (χ1v) is 7.68. The molecule has 0 saturated heterocycles. The standard InChI is InChI=1S/C16H18BrN3O2/c1-16(2,10-22-15(21)19-3)9-20-8-11(7-18)13-5-4-12(17)6-14(13)20/h4-6,8H,9-10H2,1-3H3,(H,19,21). The van der Waals surface area contributed by atoms with Crippen molar-refractivity contribution in [2.24, 2.45) is 5.41 Å². The van der Waals surface area contributed by atoms with E-state index < -0.39 is 6.09 Å². The predicted molar refractivity (Wildman–Crippen MR) is 88.5 cm³/mol. The van der Waals surface area contributed by atoms with Gasteiger partial charge in [-0.25, -0.2) is 4.79 Å². The first-order valence-electron chi connectivity index (χ1n) is 6.89. The number of amides is 1. The van der Waals surface area contributed by atoms with Gasteiger partial charge in [-0.1, -0.05) is 35.8 Å². The zero-order valence-electron chi connectivity index (χ0n) is 12.8. The number of nitriles is 1. The van der Waals surface area contributed by atoms with Crippen molar-refractivity contribution < 1.29 is 9.53 Å². The lowest BCUT2D eigenvalue weighted by atomic mass is 9.94. The molecule has 1 N–H and O–H groups in total. The van der Waals surface area contributed by atoms with Gasteiger partial charge in [0.1, 0.15) is 6.07 Å². The van der Waals surface area contributed by atoms with Crippen molar-refractivity contribution in [3.63, 3.8) is 0 Å². The molecular formula is C16H18BrN3O2. The molecule has 6 heteroatoms. The highest BCUT2D eigenvalue weighted by Crippen LogP contribution is 2.28. The molecule has 2 rings (SSSR count). The van der Waals surface area contributed by atoms with Gasteiger partial charge in [0.25, 0.3) is 0 Å². The minimum atomic E-state index is -0.439. The van der Waals surface area contributed by atoms with Gasteiger partial charge >= 0.3 is 6.09 Å². The lowest BCUT2D eigenvalue weighted by molar-refractivity contribution is 0.0921. The van der Waals surface area contributed by atoms with Crippen LogP contribution in [0, 0.1) is 16.7 Å². The summed E-state index contributed by atoms with van der Waals surface area (Å²) in [6.45, 7) is 4.97. The van der Waals surface area contributed by atoms with Crippen LogP contribution < -0.4 is 5.32 Å². The SMILES string of the molecule is CNC(=O)OCC(C)(C)Cn1cc(C#N)c2ccc(Br)cc21. The minimum absolute atomic E-state index is 0.256. The van der Waals surface area contributed by atoms with Crippen LogP contribution >= 0.6 is 15.9 Å². The number of carbonyl (C=O) groups excluding carboxylic acids is 1. The Balaban J connectivity index is 2.29. The maximum absolute atomic E-state index is 11.2. The van der Waals surface area contributed by atoms with Gasteiger partial charge < -0.3 is 14.6 Å². The van der Waals surface area contributed by atoms with Gasteiger partial charge in [0, 0.05) is 35.1 Å². The lowest BCUT2D eigenvalue weighted by Crippen LogP contribution is -2.30. The van der Waals surface area contributed by atoms with Crippen molar-refractivity contribution >= 4 is 32.9 Å². The summed E-state index contributed by atoms with van der Waals surface area (Å²) in [5.41, 5.74) is 1.37. The van der Waals surface area contributed by atoms with E-state index in [0.29, 0.717) is 18.7 Å². The third-order valence-corrected chi connectivity index (χ3v) is 3.85. The Bertz CT molecular complexity index is 744. The smallest absolute Gasteiger partial charge is 0.406 e. The molecule has 0 saturated carbocycles. The first-order chi connectivity index (χ1) is 10.4. The molecule has 0 radical (unpaired) electrons. The van der Waals surface area contributed by atoms with Crippen LogP contribution in [0.1, 0.15) is 19.4 Å². The molecule has 0 aliphatic rings. The number of nitrogens with zero attached hydrogens (tertiary/aromatic N) is 2. The molecule has 1 aromatic heterocycles. The Labute approximate surface area is 138 Å². The van der Waals surface area contributed by atoms with Gasteiger partial charge in [0.05, 0.1) is 17.7 Å². The Morgan fingerprint density at radius 1 is 1.50 bits per heavy atom. The fraction of sp³-hybridized carbons (Fsp3) is 0.375. The summed E-state index contributed by atoms with van der Waals surface area (Å²) < 4.78 is 8.15. The number of hydrogen-bond donors (Lipinski definition) is 1. The monoisotopic (exact) mass is 363 g/mol. The van der Waals surface area contributed by atoms with E-state index >= 15 is 0 Å². The number of aromatic nitrogens is 1. The van der Waals surface area contributed by atoms with E-state index in [1.807, 2.05) is 42.8 Å². The Morgan fingerprint density at radius 3 is 2.86 bits per heavy atom. The number of benzene rings is 1. The fourth-order valence-corrected chi connectivity index (χ4v) is 2.67. The number of rotatable bonds is 4. The van der Waals surface area contributed by atoms with Gasteiger partial charge in [-0.2, -0.15) is 5.26 Å². The molecule has 0 aliphatic carbocycles. The van der Waals surface area contributed by atoms with Crippen LogP contribution in [0.3, 0.4) is 0 Å². The molecule has 0 fully saturated rings. The number of carbonyl (C=O) groups is 1. The number of ether oxygens (including phenoxy) is 1. The summed E-state index contributed by atoms with van der Waals surface area (Å²) in [6.07, 6.45) is 1.41. The van der Waals surface area contributed by atoms with E-state index in [1.54, 1.807) is 0 Å². The number of hydrogen-bond acceptors (Lipinski definition) is 3. The Morgan fingerprint density at radius 2 is 2.23 bits per heavy atom. The second-order valence-corrected chi connectivity index (χ2v) is 6.85. The summed E-state index contributed by atoms with van der Waals surface area (Å²) >= 11 is 3.46. The van der Waals surface area contributed by atoms with Gasteiger partial charge in [-0.15, -0.1) is 0 Å². The van der Waals surface area contributed by atoms with Gasteiger partial charge in [-0.3, -0.25) is 0 Å². The molecule has 1 heterocycles. The molecule has 0 atom stereocenters. The lowest BCUT2D eigenvalue weighted by Gasteiger charge is -2.25. The summed E-state index contributed by atoms with van der Waals surface area (Å²) in [5.74, 6) is 0. The zero-order valence-corrected chi connectivity index (χ0v) is 14.4. The number of alkyl carbamates (subject to hydrolysis) is 1. The van der Waals surface area contributed by atoms with Crippen LogP contribution in [0.15, 0.2) is 28.9 Å². The maximum Gasteiger partial charge on any atom is 0.406 e. The molecule has 0 unspecified atom stereocenters. The summed E-state index contributed by atoms with van der Waals surface area (Å²) in [7, 11) is 1.53. The quantitative estimate of drug-likeness (QED) is 0.900. The molecular weight excluding hydrogens is 346 g/mol. The highest BCUT2D eigenvalue weighted by molar-refractivity contribution is 9.10. The molecule has 2 aromatic rings. The van der Waals surface area contributed by atoms with Crippen LogP contribution in [0.4, 0.5) is 4.79 Å². The first kappa shape index (κ1) is 16.4. The third-order valence-electron chi connectivity index (χ3n) is 3.36. The summed E-state index contributed by atoms with van der Waals surface area (Å²) in [6, 6.07) is 8.07. The molecule has 0 bridgehead atoms. The molecule has 22 heavy (non-hydrogen) atoms. The Kier molecular flexibility index (Phi) is 4.77. The van der Waals surface area contributed by atoms with Gasteiger partial charge in [0.2, 0.25) is 0 Å². The maximum atomic E-state index is 11.2. The number of nitrogens with one attached hydrogen (secondary N) is 1. The topological polar surface area (TPSA) is 67.0 Å². The van der Waals surface area contributed by atoms with Gasteiger partial charge in [0.15, 0.2) is 0 Å². The third kappa shape index (κ3) is 3.60. The molecule has 0 aliphatic heterocycles. The second-order valence-electron chi connectivity index (χ2n) is 5.93. The molecule has 1 amide bonds. The van der Waals surface area contributed by atoms with E-state index in [0.717, 1.165) is 15.4 Å². The Hall–Kier alpha value is -2.00. The second kappa shape index (κ2) is 6.41. The number of fused-ring (bicyclic) bond motifs is 1. The summed E-state index contributed by atoms with van der Waals surface area (Å²) in [5, 5.41) is 12.6.